The van der Waals surface area contributed by atoms with Crippen LogP contribution in [0.1, 0.15) is 12.7 Å². The van der Waals surface area contributed by atoms with Gasteiger partial charge in [0.2, 0.25) is 5.91 Å². The molecule has 1 heterocycles. The fourth-order valence-electron chi connectivity index (χ4n) is 1.62. The zero-order chi connectivity index (χ0) is 12.8. The predicted octanol–water partition coefficient (Wildman–Crippen LogP) is 2.86. The maximum Gasteiger partial charge on any atom is 0.232 e. The van der Waals surface area contributed by atoms with Gasteiger partial charge < -0.3 is 14.5 Å². The third-order valence-electron chi connectivity index (χ3n) is 2.38. The van der Waals surface area contributed by atoms with E-state index in [-0.39, 0.29) is 12.3 Å². The third-order valence-corrected chi connectivity index (χ3v) is 2.38. The van der Waals surface area contributed by atoms with Crippen LogP contribution in [0.2, 0.25) is 0 Å². The molecule has 0 saturated carbocycles. The summed E-state index contributed by atoms with van der Waals surface area (Å²) in [6.45, 7) is 2.46. The molecule has 4 nitrogen and oxygen atoms in total. The van der Waals surface area contributed by atoms with Gasteiger partial charge in [-0.05, 0) is 31.2 Å². The average molecular weight is 245 g/mol. The second kappa shape index (κ2) is 5.91. The SMILES string of the molecule is CCOc1ccccc1NC(=O)Cc1ccco1. The molecule has 1 aromatic heterocycles. The minimum absolute atomic E-state index is 0.128. The van der Waals surface area contributed by atoms with Gasteiger partial charge >= 0.3 is 0 Å². The molecule has 0 radical (unpaired) electrons. The summed E-state index contributed by atoms with van der Waals surface area (Å²) in [6.07, 6.45) is 1.77. The van der Waals surface area contributed by atoms with Crippen molar-refractivity contribution in [1.82, 2.24) is 0 Å². The van der Waals surface area contributed by atoms with Crippen molar-refractivity contribution in [2.24, 2.45) is 0 Å². The Morgan fingerprint density at radius 1 is 1.28 bits per heavy atom. The Morgan fingerprint density at radius 2 is 2.11 bits per heavy atom. The standard InChI is InChI=1S/C14H15NO3/c1-2-17-13-8-4-3-7-12(13)15-14(16)10-11-6-5-9-18-11/h3-9H,2,10H2,1H3,(H,15,16). The van der Waals surface area contributed by atoms with Gasteiger partial charge in [0.25, 0.3) is 0 Å². The van der Waals surface area contributed by atoms with E-state index in [9.17, 15) is 4.79 Å². The van der Waals surface area contributed by atoms with Gasteiger partial charge in [-0.15, -0.1) is 0 Å². The van der Waals surface area contributed by atoms with Gasteiger partial charge in [0.05, 0.1) is 25.0 Å². The second-order valence-electron chi connectivity index (χ2n) is 3.73. The van der Waals surface area contributed by atoms with Crippen LogP contribution in [0.5, 0.6) is 5.75 Å². The quantitative estimate of drug-likeness (QED) is 0.881. The van der Waals surface area contributed by atoms with Crippen LogP contribution >= 0.6 is 0 Å². The summed E-state index contributed by atoms with van der Waals surface area (Å²) < 4.78 is 10.6. The number of benzene rings is 1. The second-order valence-corrected chi connectivity index (χ2v) is 3.73. The zero-order valence-electron chi connectivity index (χ0n) is 10.2. The molecule has 0 aliphatic rings. The van der Waals surface area contributed by atoms with E-state index in [1.807, 2.05) is 31.2 Å². The fraction of sp³-hybridized carbons (Fsp3) is 0.214. The molecule has 0 unspecified atom stereocenters. The Kier molecular flexibility index (Phi) is 4.02. The first-order chi connectivity index (χ1) is 8.79. The molecule has 0 saturated heterocycles. The first-order valence-corrected chi connectivity index (χ1v) is 5.83. The Balaban J connectivity index is 2.02. The molecular weight excluding hydrogens is 230 g/mol. The van der Waals surface area contributed by atoms with Crippen molar-refractivity contribution in [3.05, 3.63) is 48.4 Å². The molecule has 2 aromatic rings. The van der Waals surface area contributed by atoms with Crippen molar-refractivity contribution in [2.45, 2.75) is 13.3 Å². The molecule has 94 valence electrons. The van der Waals surface area contributed by atoms with Crippen molar-refractivity contribution >= 4 is 11.6 Å². The van der Waals surface area contributed by atoms with Crippen LogP contribution in [-0.4, -0.2) is 12.5 Å². The molecule has 0 bridgehead atoms. The maximum atomic E-state index is 11.8. The molecule has 2 rings (SSSR count). The Morgan fingerprint density at radius 3 is 2.83 bits per heavy atom. The van der Waals surface area contributed by atoms with Crippen LogP contribution in [0.3, 0.4) is 0 Å². The minimum atomic E-state index is -0.128. The lowest BCUT2D eigenvalue weighted by atomic mass is 10.2. The predicted molar refractivity (Wildman–Crippen MR) is 68.7 cm³/mol. The molecule has 0 spiro atoms. The Hall–Kier alpha value is -2.23. The van der Waals surface area contributed by atoms with Crippen molar-refractivity contribution in [2.75, 3.05) is 11.9 Å². The highest BCUT2D eigenvalue weighted by atomic mass is 16.5. The number of nitrogens with one attached hydrogen (secondary N) is 1. The minimum Gasteiger partial charge on any atom is -0.492 e. The van der Waals surface area contributed by atoms with Crippen LogP contribution in [0, 0.1) is 0 Å². The molecule has 4 heteroatoms. The molecule has 1 N–H and O–H groups in total. The Bertz CT molecular complexity index is 506. The van der Waals surface area contributed by atoms with Crippen LogP contribution in [0.4, 0.5) is 5.69 Å². The fourth-order valence-corrected chi connectivity index (χ4v) is 1.62. The first-order valence-electron chi connectivity index (χ1n) is 5.83. The van der Waals surface area contributed by atoms with Gasteiger partial charge in [0.1, 0.15) is 11.5 Å². The monoisotopic (exact) mass is 245 g/mol. The van der Waals surface area contributed by atoms with E-state index in [1.54, 1.807) is 18.4 Å². The summed E-state index contributed by atoms with van der Waals surface area (Å²) in [5.74, 6) is 1.19. The number of carbonyl (C=O) groups is 1. The lowest BCUT2D eigenvalue weighted by Crippen LogP contribution is -2.14. The number of hydrogen-bond donors (Lipinski definition) is 1. The van der Waals surface area contributed by atoms with Crippen molar-refractivity contribution in [3.8, 4) is 5.75 Å². The van der Waals surface area contributed by atoms with Crippen molar-refractivity contribution in [1.29, 1.82) is 0 Å². The number of carbonyl (C=O) groups excluding carboxylic acids is 1. The Labute approximate surface area is 106 Å². The zero-order valence-corrected chi connectivity index (χ0v) is 10.2. The number of rotatable bonds is 5. The maximum absolute atomic E-state index is 11.8. The van der Waals surface area contributed by atoms with E-state index in [1.165, 1.54) is 0 Å². The summed E-state index contributed by atoms with van der Waals surface area (Å²) in [4.78, 5) is 11.8. The third kappa shape index (κ3) is 3.13. The summed E-state index contributed by atoms with van der Waals surface area (Å²) in [5.41, 5.74) is 0.677. The summed E-state index contributed by atoms with van der Waals surface area (Å²) >= 11 is 0. The van der Waals surface area contributed by atoms with E-state index in [2.05, 4.69) is 5.32 Å². The van der Waals surface area contributed by atoms with Gasteiger partial charge in [-0.25, -0.2) is 0 Å². The van der Waals surface area contributed by atoms with Crippen LogP contribution in [0.25, 0.3) is 0 Å². The van der Waals surface area contributed by atoms with E-state index in [4.69, 9.17) is 9.15 Å². The summed E-state index contributed by atoms with van der Waals surface area (Å²) in [7, 11) is 0. The van der Waals surface area contributed by atoms with Crippen molar-refractivity contribution < 1.29 is 13.9 Å². The van der Waals surface area contributed by atoms with E-state index in [0.29, 0.717) is 23.8 Å². The largest absolute Gasteiger partial charge is 0.492 e. The van der Waals surface area contributed by atoms with Crippen molar-refractivity contribution in [3.63, 3.8) is 0 Å². The number of ether oxygens (including phenoxy) is 1. The van der Waals surface area contributed by atoms with Crippen LogP contribution < -0.4 is 10.1 Å². The number of para-hydroxylation sites is 2. The summed E-state index contributed by atoms with van der Waals surface area (Å²) in [6, 6.07) is 10.9. The highest BCUT2D eigenvalue weighted by Gasteiger charge is 2.09. The topological polar surface area (TPSA) is 51.5 Å². The molecule has 18 heavy (non-hydrogen) atoms. The molecule has 0 fully saturated rings. The van der Waals surface area contributed by atoms with Gasteiger partial charge in [0.15, 0.2) is 0 Å². The van der Waals surface area contributed by atoms with Gasteiger partial charge in [-0.3, -0.25) is 4.79 Å². The molecule has 1 amide bonds. The van der Waals surface area contributed by atoms with Gasteiger partial charge in [-0.2, -0.15) is 0 Å². The van der Waals surface area contributed by atoms with E-state index >= 15 is 0 Å². The lowest BCUT2D eigenvalue weighted by molar-refractivity contribution is -0.115. The number of hydrogen-bond acceptors (Lipinski definition) is 3. The van der Waals surface area contributed by atoms with Crippen LogP contribution in [-0.2, 0) is 11.2 Å². The molecule has 0 aliphatic heterocycles. The summed E-state index contributed by atoms with van der Waals surface area (Å²) in [5, 5.41) is 2.81. The number of anilines is 1. The van der Waals surface area contributed by atoms with E-state index < -0.39 is 0 Å². The lowest BCUT2D eigenvalue weighted by Gasteiger charge is -2.10. The average Bonchev–Trinajstić information content (AvgIpc) is 2.84. The van der Waals surface area contributed by atoms with Gasteiger partial charge in [-0.1, -0.05) is 12.1 Å². The number of amides is 1. The number of furan rings is 1. The van der Waals surface area contributed by atoms with E-state index in [0.717, 1.165) is 0 Å². The molecule has 0 aliphatic carbocycles. The first kappa shape index (κ1) is 12.2. The molecule has 0 atom stereocenters. The normalized spacial score (nSPS) is 10.1. The highest BCUT2D eigenvalue weighted by molar-refractivity contribution is 5.93. The molecule has 1 aromatic carbocycles. The molecular formula is C14H15NO3. The smallest absolute Gasteiger partial charge is 0.232 e. The highest BCUT2D eigenvalue weighted by Crippen LogP contribution is 2.23. The van der Waals surface area contributed by atoms with Crippen LogP contribution in [0.15, 0.2) is 47.1 Å². The van der Waals surface area contributed by atoms with Gasteiger partial charge in [0, 0.05) is 0 Å².